The zero-order valence-corrected chi connectivity index (χ0v) is 15.3. The molecule has 1 atom stereocenters. The number of likely N-dealkylation sites (N-methyl/N-ethyl adjacent to an activating group) is 1. The van der Waals surface area contributed by atoms with E-state index in [4.69, 9.17) is 8.94 Å². The highest BCUT2D eigenvalue weighted by Crippen LogP contribution is 2.20. The standard InChI is InChI=1S/C18H28N4O3/c1-4-8-16-20-18(25-21-16)11-10-17(23)19-13-14(22(5-2)6-3)15-9-7-12-24-15/h7,9,12,14H,4-6,8,10-11,13H2,1-3H3,(H,19,23)/t14-/m1/s1. The molecule has 0 bridgehead atoms. The van der Waals surface area contributed by atoms with Crippen molar-refractivity contribution >= 4 is 5.91 Å². The lowest BCUT2D eigenvalue weighted by Crippen LogP contribution is -2.38. The van der Waals surface area contributed by atoms with E-state index >= 15 is 0 Å². The molecule has 138 valence electrons. The van der Waals surface area contributed by atoms with Crippen LogP contribution in [-0.2, 0) is 17.6 Å². The van der Waals surface area contributed by atoms with Crippen molar-refractivity contribution in [2.24, 2.45) is 0 Å². The highest BCUT2D eigenvalue weighted by Gasteiger charge is 2.21. The molecule has 0 saturated heterocycles. The van der Waals surface area contributed by atoms with Crippen LogP contribution < -0.4 is 5.32 Å². The molecule has 0 saturated carbocycles. The number of carbonyl (C=O) groups is 1. The fourth-order valence-electron chi connectivity index (χ4n) is 2.79. The Morgan fingerprint density at radius 1 is 1.28 bits per heavy atom. The Labute approximate surface area is 148 Å². The Hall–Kier alpha value is -2.15. The number of nitrogens with zero attached hydrogens (tertiary/aromatic N) is 3. The molecule has 0 aliphatic heterocycles. The number of rotatable bonds is 11. The van der Waals surface area contributed by atoms with Gasteiger partial charge in [0.25, 0.3) is 0 Å². The third kappa shape index (κ3) is 5.70. The predicted octanol–water partition coefficient (Wildman–Crippen LogP) is 2.75. The number of furan rings is 1. The van der Waals surface area contributed by atoms with E-state index in [1.54, 1.807) is 6.26 Å². The average Bonchev–Trinajstić information content (AvgIpc) is 3.29. The summed E-state index contributed by atoms with van der Waals surface area (Å²) in [7, 11) is 0. The Kier molecular flexibility index (Phi) is 7.66. The minimum Gasteiger partial charge on any atom is -0.468 e. The minimum absolute atomic E-state index is 0.0287. The lowest BCUT2D eigenvalue weighted by atomic mass is 10.1. The fraction of sp³-hybridized carbons (Fsp3) is 0.611. The molecular formula is C18H28N4O3. The first-order valence-corrected chi connectivity index (χ1v) is 9.03. The van der Waals surface area contributed by atoms with Crippen molar-refractivity contribution in [1.29, 1.82) is 0 Å². The fourth-order valence-corrected chi connectivity index (χ4v) is 2.79. The van der Waals surface area contributed by atoms with E-state index in [2.05, 4.69) is 41.1 Å². The maximum Gasteiger partial charge on any atom is 0.227 e. The molecule has 0 spiro atoms. The van der Waals surface area contributed by atoms with E-state index in [9.17, 15) is 4.79 Å². The van der Waals surface area contributed by atoms with Gasteiger partial charge in [0.2, 0.25) is 11.8 Å². The molecule has 2 aromatic heterocycles. The summed E-state index contributed by atoms with van der Waals surface area (Å²) in [4.78, 5) is 18.7. The number of hydrogen-bond donors (Lipinski definition) is 1. The van der Waals surface area contributed by atoms with Gasteiger partial charge in [-0.05, 0) is 31.6 Å². The van der Waals surface area contributed by atoms with E-state index in [0.29, 0.717) is 31.1 Å². The van der Waals surface area contributed by atoms with E-state index < -0.39 is 0 Å². The maximum atomic E-state index is 12.2. The topological polar surface area (TPSA) is 84.4 Å². The zero-order chi connectivity index (χ0) is 18.1. The second kappa shape index (κ2) is 9.98. The number of nitrogens with one attached hydrogen (secondary N) is 1. The highest BCUT2D eigenvalue weighted by atomic mass is 16.5. The lowest BCUT2D eigenvalue weighted by molar-refractivity contribution is -0.121. The summed E-state index contributed by atoms with van der Waals surface area (Å²) in [5, 5.41) is 6.89. The summed E-state index contributed by atoms with van der Waals surface area (Å²) < 4.78 is 10.7. The van der Waals surface area contributed by atoms with Crippen molar-refractivity contribution in [2.45, 2.75) is 52.5 Å². The summed E-state index contributed by atoms with van der Waals surface area (Å²) in [6.07, 6.45) is 4.22. The highest BCUT2D eigenvalue weighted by molar-refractivity contribution is 5.76. The van der Waals surface area contributed by atoms with Gasteiger partial charge in [0.1, 0.15) is 5.76 Å². The van der Waals surface area contributed by atoms with Gasteiger partial charge >= 0.3 is 0 Å². The SMILES string of the molecule is CCCc1noc(CCC(=O)NC[C@H](c2ccco2)N(CC)CC)n1. The number of aryl methyl sites for hydroxylation is 2. The van der Waals surface area contributed by atoms with Crippen LogP contribution in [0.1, 0.15) is 57.1 Å². The van der Waals surface area contributed by atoms with Crippen molar-refractivity contribution < 1.29 is 13.7 Å². The Morgan fingerprint density at radius 2 is 2.08 bits per heavy atom. The van der Waals surface area contributed by atoms with Crippen LogP contribution >= 0.6 is 0 Å². The lowest BCUT2D eigenvalue weighted by Gasteiger charge is -2.28. The van der Waals surface area contributed by atoms with Crippen LogP contribution in [0, 0.1) is 0 Å². The Bertz CT molecular complexity index is 620. The molecule has 2 aromatic rings. The maximum absolute atomic E-state index is 12.2. The molecule has 7 nitrogen and oxygen atoms in total. The quantitative estimate of drug-likeness (QED) is 0.672. The normalized spacial score (nSPS) is 12.5. The number of carbonyl (C=O) groups excluding carboxylic acids is 1. The summed E-state index contributed by atoms with van der Waals surface area (Å²) in [6, 6.07) is 3.86. The molecule has 1 N–H and O–H groups in total. The van der Waals surface area contributed by atoms with E-state index in [-0.39, 0.29) is 11.9 Å². The van der Waals surface area contributed by atoms with Gasteiger partial charge in [-0.2, -0.15) is 4.98 Å². The number of amides is 1. The van der Waals surface area contributed by atoms with Crippen LogP contribution in [0.3, 0.4) is 0 Å². The first kappa shape index (κ1) is 19.2. The molecule has 2 rings (SSSR count). The van der Waals surface area contributed by atoms with Crippen LogP contribution in [0.25, 0.3) is 0 Å². The third-order valence-electron chi connectivity index (χ3n) is 4.17. The number of aromatic nitrogens is 2. The summed E-state index contributed by atoms with van der Waals surface area (Å²) in [5.41, 5.74) is 0. The van der Waals surface area contributed by atoms with Crippen molar-refractivity contribution in [1.82, 2.24) is 20.4 Å². The van der Waals surface area contributed by atoms with E-state index in [0.717, 1.165) is 31.7 Å². The smallest absolute Gasteiger partial charge is 0.227 e. The first-order chi connectivity index (χ1) is 12.2. The molecule has 0 aliphatic rings. The molecule has 0 fully saturated rings. The average molecular weight is 348 g/mol. The minimum atomic E-state index is -0.0287. The summed E-state index contributed by atoms with van der Waals surface area (Å²) >= 11 is 0. The van der Waals surface area contributed by atoms with Crippen LogP contribution in [0.15, 0.2) is 27.3 Å². The summed E-state index contributed by atoms with van der Waals surface area (Å²) in [6.45, 7) is 8.56. The second-order valence-corrected chi connectivity index (χ2v) is 5.91. The second-order valence-electron chi connectivity index (χ2n) is 5.91. The molecule has 0 radical (unpaired) electrons. The van der Waals surface area contributed by atoms with E-state index in [1.807, 2.05) is 12.1 Å². The van der Waals surface area contributed by atoms with Crippen LogP contribution in [0.4, 0.5) is 0 Å². The van der Waals surface area contributed by atoms with Crippen molar-refractivity contribution in [2.75, 3.05) is 19.6 Å². The van der Waals surface area contributed by atoms with Crippen molar-refractivity contribution in [3.05, 3.63) is 35.9 Å². The van der Waals surface area contributed by atoms with Gasteiger partial charge in [0.15, 0.2) is 5.82 Å². The molecule has 0 unspecified atom stereocenters. The van der Waals surface area contributed by atoms with Crippen LogP contribution in [-0.4, -0.2) is 40.6 Å². The summed E-state index contributed by atoms with van der Waals surface area (Å²) in [5.74, 6) is 2.06. The molecule has 7 heteroatoms. The predicted molar refractivity (Wildman–Crippen MR) is 94.0 cm³/mol. The Balaban J connectivity index is 1.83. The largest absolute Gasteiger partial charge is 0.468 e. The molecule has 0 aliphatic carbocycles. The van der Waals surface area contributed by atoms with E-state index in [1.165, 1.54) is 0 Å². The van der Waals surface area contributed by atoms with Gasteiger partial charge in [-0.25, -0.2) is 0 Å². The van der Waals surface area contributed by atoms with Gasteiger partial charge < -0.3 is 14.3 Å². The number of hydrogen-bond acceptors (Lipinski definition) is 6. The first-order valence-electron chi connectivity index (χ1n) is 9.03. The molecular weight excluding hydrogens is 320 g/mol. The van der Waals surface area contributed by atoms with Crippen molar-refractivity contribution in [3.8, 4) is 0 Å². The molecule has 1 amide bonds. The Morgan fingerprint density at radius 3 is 2.72 bits per heavy atom. The molecule has 25 heavy (non-hydrogen) atoms. The van der Waals surface area contributed by atoms with Crippen LogP contribution in [0.2, 0.25) is 0 Å². The monoisotopic (exact) mass is 348 g/mol. The van der Waals surface area contributed by atoms with Gasteiger partial charge in [-0.15, -0.1) is 0 Å². The van der Waals surface area contributed by atoms with Gasteiger partial charge in [0.05, 0.1) is 12.3 Å². The molecule has 2 heterocycles. The zero-order valence-electron chi connectivity index (χ0n) is 15.3. The van der Waals surface area contributed by atoms with Crippen LogP contribution in [0.5, 0.6) is 0 Å². The van der Waals surface area contributed by atoms with Crippen molar-refractivity contribution in [3.63, 3.8) is 0 Å². The van der Waals surface area contributed by atoms with Gasteiger partial charge in [0, 0.05) is 25.8 Å². The van der Waals surface area contributed by atoms with Gasteiger partial charge in [-0.1, -0.05) is 25.9 Å². The third-order valence-corrected chi connectivity index (χ3v) is 4.17. The van der Waals surface area contributed by atoms with Gasteiger partial charge in [-0.3, -0.25) is 9.69 Å². The molecule has 0 aromatic carbocycles.